The number of imide groups is 2. The lowest BCUT2D eigenvalue weighted by Crippen LogP contribution is -2.71. The SMILES string of the molecule is CC(C)N1C(=O)NC(=O)C(C)(N)C1=O. The summed E-state index contributed by atoms with van der Waals surface area (Å²) >= 11 is 0. The highest BCUT2D eigenvalue weighted by Gasteiger charge is 2.48. The maximum absolute atomic E-state index is 11.6. The predicted octanol–water partition coefficient (Wildman–Crippen LogP) is -0.809. The van der Waals surface area contributed by atoms with Crippen LogP contribution < -0.4 is 11.1 Å². The summed E-state index contributed by atoms with van der Waals surface area (Å²) in [6, 6.07) is -1.03. The summed E-state index contributed by atoms with van der Waals surface area (Å²) < 4.78 is 0. The highest BCUT2D eigenvalue weighted by molar-refractivity contribution is 6.21. The van der Waals surface area contributed by atoms with Crippen molar-refractivity contribution in [3.8, 4) is 0 Å². The molecule has 6 nitrogen and oxygen atoms in total. The van der Waals surface area contributed by atoms with Gasteiger partial charge < -0.3 is 5.73 Å². The van der Waals surface area contributed by atoms with E-state index in [0.29, 0.717) is 0 Å². The number of carbonyl (C=O) groups is 3. The van der Waals surface area contributed by atoms with Crippen molar-refractivity contribution in [3.63, 3.8) is 0 Å². The van der Waals surface area contributed by atoms with Crippen molar-refractivity contribution in [3.05, 3.63) is 0 Å². The molecule has 0 bridgehead atoms. The number of rotatable bonds is 1. The quantitative estimate of drug-likeness (QED) is 0.540. The average molecular weight is 199 g/mol. The Labute approximate surface area is 81.4 Å². The molecular weight excluding hydrogens is 186 g/mol. The molecule has 0 aromatic carbocycles. The number of nitrogens with zero attached hydrogens (tertiary/aromatic N) is 1. The molecule has 6 heteroatoms. The number of barbiturate groups is 1. The summed E-state index contributed by atoms with van der Waals surface area (Å²) in [5.74, 6) is -1.43. The zero-order valence-corrected chi connectivity index (χ0v) is 8.33. The van der Waals surface area contributed by atoms with Crippen LogP contribution in [0.25, 0.3) is 0 Å². The van der Waals surface area contributed by atoms with Crippen LogP contribution in [0.2, 0.25) is 0 Å². The van der Waals surface area contributed by atoms with Gasteiger partial charge in [-0.25, -0.2) is 4.79 Å². The highest BCUT2D eigenvalue weighted by atomic mass is 16.2. The number of carbonyl (C=O) groups excluding carboxylic acids is 3. The Morgan fingerprint density at radius 2 is 1.86 bits per heavy atom. The van der Waals surface area contributed by atoms with Gasteiger partial charge in [-0.3, -0.25) is 19.8 Å². The molecule has 0 aromatic rings. The maximum atomic E-state index is 11.6. The van der Waals surface area contributed by atoms with E-state index in [0.717, 1.165) is 4.90 Å². The summed E-state index contributed by atoms with van der Waals surface area (Å²) in [4.78, 5) is 35.0. The third kappa shape index (κ3) is 1.37. The Kier molecular flexibility index (Phi) is 2.32. The topological polar surface area (TPSA) is 92.5 Å². The summed E-state index contributed by atoms with van der Waals surface area (Å²) in [5.41, 5.74) is 3.85. The second kappa shape index (κ2) is 3.06. The van der Waals surface area contributed by atoms with Crippen LogP contribution in [0.15, 0.2) is 0 Å². The molecule has 1 saturated heterocycles. The standard InChI is InChI=1S/C8H13N3O3/c1-4(2)11-6(13)8(3,9)5(12)10-7(11)14/h4H,9H2,1-3H3,(H,10,12,14). The molecule has 1 atom stereocenters. The van der Waals surface area contributed by atoms with Crippen LogP contribution in [-0.4, -0.2) is 34.3 Å². The molecule has 0 saturated carbocycles. The van der Waals surface area contributed by atoms with Gasteiger partial charge in [-0.15, -0.1) is 0 Å². The average Bonchev–Trinajstić information content (AvgIpc) is 2.00. The molecule has 1 aliphatic heterocycles. The summed E-state index contributed by atoms with van der Waals surface area (Å²) in [6.45, 7) is 4.62. The molecule has 4 amide bonds. The first-order valence-corrected chi connectivity index (χ1v) is 4.26. The van der Waals surface area contributed by atoms with Gasteiger partial charge >= 0.3 is 6.03 Å². The molecule has 3 N–H and O–H groups in total. The van der Waals surface area contributed by atoms with Crippen LogP contribution in [0.3, 0.4) is 0 Å². The molecule has 1 rings (SSSR count). The number of nitrogens with two attached hydrogens (primary N) is 1. The lowest BCUT2D eigenvalue weighted by molar-refractivity contribution is -0.144. The third-order valence-corrected chi connectivity index (χ3v) is 2.09. The number of urea groups is 1. The van der Waals surface area contributed by atoms with Crippen LogP contribution in [0, 0.1) is 0 Å². The van der Waals surface area contributed by atoms with Crippen molar-refractivity contribution in [2.24, 2.45) is 5.73 Å². The molecule has 1 aliphatic rings. The van der Waals surface area contributed by atoms with E-state index >= 15 is 0 Å². The second-order valence-corrected chi connectivity index (χ2v) is 3.73. The van der Waals surface area contributed by atoms with Crippen LogP contribution in [0.4, 0.5) is 4.79 Å². The van der Waals surface area contributed by atoms with Gasteiger partial charge in [-0.2, -0.15) is 0 Å². The number of hydrogen-bond acceptors (Lipinski definition) is 4. The second-order valence-electron chi connectivity index (χ2n) is 3.73. The van der Waals surface area contributed by atoms with Crippen molar-refractivity contribution in [2.45, 2.75) is 32.4 Å². The molecule has 78 valence electrons. The number of nitrogens with one attached hydrogen (secondary N) is 1. The van der Waals surface area contributed by atoms with Crippen molar-refractivity contribution in [2.75, 3.05) is 0 Å². The molecule has 14 heavy (non-hydrogen) atoms. The van der Waals surface area contributed by atoms with Crippen LogP contribution >= 0.6 is 0 Å². The van der Waals surface area contributed by atoms with E-state index in [2.05, 4.69) is 0 Å². The van der Waals surface area contributed by atoms with E-state index in [1.165, 1.54) is 6.92 Å². The maximum Gasteiger partial charge on any atom is 0.331 e. The first kappa shape index (κ1) is 10.6. The van der Waals surface area contributed by atoms with Crippen molar-refractivity contribution < 1.29 is 14.4 Å². The molecule has 0 aromatic heterocycles. The normalized spacial score (nSPS) is 28.4. The minimum Gasteiger partial charge on any atom is -0.310 e. The van der Waals surface area contributed by atoms with E-state index in [9.17, 15) is 14.4 Å². The lowest BCUT2D eigenvalue weighted by Gasteiger charge is -2.36. The molecule has 1 fully saturated rings. The fraction of sp³-hybridized carbons (Fsp3) is 0.625. The van der Waals surface area contributed by atoms with Gasteiger partial charge in [-0.1, -0.05) is 0 Å². The smallest absolute Gasteiger partial charge is 0.310 e. The van der Waals surface area contributed by atoms with Gasteiger partial charge in [0, 0.05) is 6.04 Å². The number of hydrogen-bond donors (Lipinski definition) is 2. The van der Waals surface area contributed by atoms with E-state index in [-0.39, 0.29) is 6.04 Å². The van der Waals surface area contributed by atoms with Gasteiger partial charge in [0.25, 0.3) is 11.8 Å². The Morgan fingerprint density at radius 1 is 1.36 bits per heavy atom. The predicted molar refractivity (Wildman–Crippen MR) is 48.1 cm³/mol. The summed E-state index contributed by atoms with van der Waals surface area (Å²) in [5, 5.41) is 2.03. The van der Waals surface area contributed by atoms with Crippen molar-refractivity contribution in [1.29, 1.82) is 0 Å². The largest absolute Gasteiger partial charge is 0.331 e. The van der Waals surface area contributed by atoms with Gasteiger partial charge in [-0.05, 0) is 20.8 Å². The minimum absolute atomic E-state index is 0.321. The van der Waals surface area contributed by atoms with Gasteiger partial charge in [0.2, 0.25) is 0 Å². The molecule has 1 unspecified atom stereocenters. The molecule has 1 heterocycles. The lowest BCUT2D eigenvalue weighted by atomic mass is 9.98. The Morgan fingerprint density at radius 3 is 2.29 bits per heavy atom. The molecule has 0 spiro atoms. The zero-order chi connectivity index (χ0) is 11.1. The van der Waals surface area contributed by atoms with Crippen molar-refractivity contribution in [1.82, 2.24) is 10.2 Å². The molecular formula is C8H13N3O3. The van der Waals surface area contributed by atoms with Gasteiger partial charge in [0.15, 0.2) is 5.54 Å². The van der Waals surface area contributed by atoms with E-state index < -0.39 is 23.4 Å². The van der Waals surface area contributed by atoms with Crippen LogP contribution in [0.1, 0.15) is 20.8 Å². The number of amides is 4. The van der Waals surface area contributed by atoms with Crippen LogP contribution in [-0.2, 0) is 9.59 Å². The van der Waals surface area contributed by atoms with E-state index in [1.807, 2.05) is 5.32 Å². The fourth-order valence-electron chi connectivity index (χ4n) is 1.20. The van der Waals surface area contributed by atoms with E-state index in [1.54, 1.807) is 13.8 Å². The summed E-state index contributed by atoms with van der Waals surface area (Å²) in [6.07, 6.45) is 0. The monoisotopic (exact) mass is 199 g/mol. The summed E-state index contributed by atoms with van der Waals surface area (Å²) in [7, 11) is 0. The molecule has 0 radical (unpaired) electrons. The first-order valence-electron chi connectivity index (χ1n) is 4.26. The van der Waals surface area contributed by atoms with E-state index in [4.69, 9.17) is 5.73 Å². The fourth-order valence-corrected chi connectivity index (χ4v) is 1.20. The van der Waals surface area contributed by atoms with Crippen LogP contribution in [0.5, 0.6) is 0 Å². The van der Waals surface area contributed by atoms with Gasteiger partial charge in [0.05, 0.1) is 0 Å². The Hall–Kier alpha value is -1.43. The minimum atomic E-state index is -1.65. The molecule has 0 aliphatic carbocycles. The Bertz CT molecular complexity index is 309. The highest BCUT2D eigenvalue weighted by Crippen LogP contribution is 2.14. The first-order chi connectivity index (χ1) is 6.28. The zero-order valence-electron chi connectivity index (χ0n) is 8.33. The van der Waals surface area contributed by atoms with Crippen molar-refractivity contribution >= 4 is 17.8 Å². The van der Waals surface area contributed by atoms with Gasteiger partial charge in [0.1, 0.15) is 0 Å². The Balaban J connectivity index is 3.07. The third-order valence-electron chi connectivity index (χ3n) is 2.09.